The Morgan fingerprint density at radius 3 is 1.85 bits per heavy atom. The van der Waals surface area contributed by atoms with Crippen molar-refractivity contribution in [3.8, 4) is 0 Å². The second kappa shape index (κ2) is 2.82. The number of nitrogens with one attached hydrogen (secondary N) is 1. The molecular weight excluding hydrogens is 185 g/mol. The van der Waals surface area contributed by atoms with Gasteiger partial charge in [0.15, 0.2) is 0 Å². The Balaban J connectivity index is 2.96. The molecule has 0 spiro atoms. The van der Waals surface area contributed by atoms with E-state index in [1.165, 1.54) is 0 Å². The molecule has 1 fully saturated rings. The zero-order valence-corrected chi connectivity index (χ0v) is 10.2. The minimum Gasteiger partial charge on any atom is -0.353 e. The summed E-state index contributed by atoms with van der Waals surface area (Å²) in [5.74, 6) is -0.0463. The zero-order valence-electron chi connectivity index (χ0n) is 9.34. The monoisotopic (exact) mass is 205 g/mol. The van der Waals surface area contributed by atoms with E-state index in [-0.39, 0.29) is 17.1 Å². The van der Waals surface area contributed by atoms with Crippen LogP contribution in [-0.2, 0) is 9.30 Å². The molecule has 3 nitrogen and oxygen atoms in total. The van der Waals surface area contributed by atoms with Gasteiger partial charge < -0.3 is 9.30 Å². The standard InChI is InChI=1S/C9H20NO2P/c1-8(2)7(13(5,6)11)10-9(3,4)12-8/h7,10H,1-6H3. The highest BCUT2D eigenvalue weighted by atomic mass is 31.2. The third kappa shape index (κ3) is 2.34. The lowest BCUT2D eigenvalue weighted by Crippen LogP contribution is -2.40. The van der Waals surface area contributed by atoms with E-state index in [2.05, 4.69) is 5.32 Å². The molecule has 0 radical (unpaired) electrons. The lowest BCUT2D eigenvalue weighted by Gasteiger charge is -2.27. The van der Waals surface area contributed by atoms with Gasteiger partial charge in [0.05, 0.1) is 11.4 Å². The Morgan fingerprint density at radius 2 is 1.69 bits per heavy atom. The zero-order chi connectivity index (χ0) is 10.5. The Morgan fingerprint density at radius 1 is 1.23 bits per heavy atom. The van der Waals surface area contributed by atoms with Crippen LogP contribution in [0.1, 0.15) is 27.7 Å². The molecule has 1 unspecified atom stereocenters. The van der Waals surface area contributed by atoms with Crippen molar-refractivity contribution in [2.75, 3.05) is 13.3 Å². The molecule has 4 heteroatoms. The summed E-state index contributed by atoms with van der Waals surface area (Å²) in [5, 5.41) is 3.28. The highest BCUT2D eigenvalue weighted by Crippen LogP contribution is 2.51. The van der Waals surface area contributed by atoms with E-state index in [0.717, 1.165) is 0 Å². The van der Waals surface area contributed by atoms with Crippen molar-refractivity contribution in [1.29, 1.82) is 0 Å². The normalized spacial score (nSPS) is 32.0. The van der Waals surface area contributed by atoms with E-state index in [4.69, 9.17) is 4.74 Å². The van der Waals surface area contributed by atoms with Crippen LogP contribution >= 0.6 is 7.14 Å². The first-order chi connectivity index (χ1) is 5.55. The second-order valence-electron chi connectivity index (χ2n) is 5.20. The molecule has 0 bridgehead atoms. The van der Waals surface area contributed by atoms with Gasteiger partial charge in [0.25, 0.3) is 0 Å². The molecular formula is C9H20NO2P. The third-order valence-corrected chi connectivity index (χ3v) is 4.28. The predicted octanol–water partition coefficient (Wildman–Crippen LogP) is 2.07. The quantitative estimate of drug-likeness (QED) is 0.666. The highest BCUT2D eigenvalue weighted by Gasteiger charge is 2.50. The van der Waals surface area contributed by atoms with E-state index in [1.807, 2.05) is 27.7 Å². The molecule has 13 heavy (non-hydrogen) atoms. The smallest absolute Gasteiger partial charge is 0.115 e. The van der Waals surface area contributed by atoms with E-state index < -0.39 is 7.14 Å². The van der Waals surface area contributed by atoms with Crippen molar-refractivity contribution in [1.82, 2.24) is 5.32 Å². The third-order valence-electron chi connectivity index (χ3n) is 2.28. The highest BCUT2D eigenvalue weighted by molar-refractivity contribution is 7.63. The Kier molecular flexibility index (Phi) is 2.43. The van der Waals surface area contributed by atoms with Crippen LogP contribution in [0.2, 0.25) is 0 Å². The van der Waals surface area contributed by atoms with Gasteiger partial charge in [-0.15, -0.1) is 0 Å². The summed E-state index contributed by atoms with van der Waals surface area (Å²) >= 11 is 0. The first-order valence-corrected chi connectivity index (χ1v) is 7.24. The number of ether oxygens (including phenoxy) is 1. The van der Waals surface area contributed by atoms with Crippen LogP contribution in [0.15, 0.2) is 0 Å². The SMILES string of the molecule is CC1(C)NC(P(C)(C)=O)C(C)(C)O1. The van der Waals surface area contributed by atoms with Gasteiger partial charge in [-0.05, 0) is 41.0 Å². The fraction of sp³-hybridized carbons (Fsp3) is 1.00. The average molecular weight is 205 g/mol. The summed E-state index contributed by atoms with van der Waals surface area (Å²) in [7, 11) is -2.15. The van der Waals surface area contributed by atoms with Crippen molar-refractivity contribution >= 4 is 7.14 Å². The molecule has 1 heterocycles. The van der Waals surface area contributed by atoms with E-state index >= 15 is 0 Å². The number of hydrogen-bond acceptors (Lipinski definition) is 3. The largest absolute Gasteiger partial charge is 0.353 e. The summed E-state index contributed by atoms with van der Waals surface area (Å²) < 4.78 is 17.8. The lowest BCUT2D eigenvalue weighted by atomic mass is 10.1. The van der Waals surface area contributed by atoms with Crippen molar-refractivity contribution < 1.29 is 9.30 Å². The molecule has 0 aromatic carbocycles. The maximum atomic E-state index is 12.0. The number of rotatable bonds is 1. The summed E-state index contributed by atoms with van der Waals surface area (Å²) in [5.41, 5.74) is -0.710. The van der Waals surface area contributed by atoms with Crippen LogP contribution in [-0.4, -0.2) is 30.4 Å². The molecule has 1 aliphatic rings. The summed E-state index contributed by atoms with van der Waals surface area (Å²) in [4.78, 5) is 0. The summed E-state index contributed by atoms with van der Waals surface area (Å²) in [6.07, 6.45) is 0. The molecule has 1 rings (SSSR count). The topological polar surface area (TPSA) is 38.3 Å². The van der Waals surface area contributed by atoms with Crippen LogP contribution in [0.3, 0.4) is 0 Å². The molecule has 0 amide bonds. The first kappa shape index (κ1) is 11.2. The summed E-state index contributed by atoms with van der Waals surface area (Å²) in [6, 6.07) is 0. The maximum absolute atomic E-state index is 12.0. The van der Waals surface area contributed by atoms with Crippen LogP contribution < -0.4 is 5.32 Å². The van der Waals surface area contributed by atoms with E-state index in [1.54, 1.807) is 13.3 Å². The van der Waals surface area contributed by atoms with Crippen LogP contribution in [0.25, 0.3) is 0 Å². The molecule has 1 saturated heterocycles. The Labute approximate surface area is 80.6 Å². The molecule has 1 N–H and O–H groups in total. The molecule has 1 atom stereocenters. The van der Waals surface area contributed by atoms with Crippen molar-refractivity contribution in [2.24, 2.45) is 0 Å². The predicted molar refractivity (Wildman–Crippen MR) is 55.6 cm³/mol. The van der Waals surface area contributed by atoms with Gasteiger partial charge in [-0.3, -0.25) is 5.32 Å². The molecule has 0 aromatic rings. The summed E-state index contributed by atoms with van der Waals surface area (Å²) in [6.45, 7) is 11.5. The number of hydrogen-bond donors (Lipinski definition) is 1. The van der Waals surface area contributed by atoms with Gasteiger partial charge in [-0.1, -0.05) is 0 Å². The van der Waals surface area contributed by atoms with Crippen molar-refractivity contribution in [2.45, 2.75) is 44.8 Å². The Bertz CT molecular complexity index is 254. The van der Waals surface area contributed by atoms with Crippen LogP contribution in [0.5, 0.6) is 0 Å². The van der Waals surface area contributed by atoms with Gasteiger partial charge in [0, 0.05) is 0 Å². The van der Waals surface area contributed by atoms with Gasteiger partial charge in [0.2, 0.25) is 0 Å². The molecule has 78 valence electrons. The fourth-order valence-corrected chi connectivity index (χ4v) is 4.32. The minimum atomic E-state index is -2.15. The van der Waals surface area contributed by atoms with Crippen molar-refractivity contribution in [3.63, 3.8) is 0 Å². The van der Waals surface area contributed by atoms with Crippen LogP contribution in [0, 0.1) is 0 Å². The van der Waals surface area contributed by atoms with Crippen LogP contribution in [0.4, 0.5) is 0 Å². The first-order valence-electron chi connectivity index (χ1n) is 4.57. The average Bonchev–Trinajstić information content (AvgIpc) is 1.97. The second-order valence-corrected chi connectivity index (χ2v) is 8.58. The Hall–Kier alpha value is 0.150. The molecule has 0 aliphatic carbocycles. The van der Waals surface area contributed by atoms with Gasteiger partial charge in [0.1, 0.15) is 12.9 Å². The van der Waals surface area contributed by atoms with Gasteiger partial charge in [-0.2, -0.15) is 0 Å². The van der Waals surface area contributed by atoms with Gasteiger partial charge in [-0.25, -0.2) is 0 Å². The van der Waals surface area contributed by atoms with Gasteiger partial charge >= 0.3 is 0 Å². The van der Waals surface area contributed by atoms with E-state index in [9.17, 15) is 4.57 Å². The van der Waals surface area contributed by atoms with Crippen molar-refractivity contribution in [3.05, 3.63) is 0 Å². The lowest BCUT2D eigenvalue weighted by molar-refractivity contribution is -0.0693. The fourth-order valence-electron chi connectivity index (χ4n) is 2.15. The molecule has 0 aromatic heterocycles. The minimum absolute atomic E-state index is 0.0463. The maximum Gasteiger partial charge on any atom is 0.115 e. The molecule has 0 saturated carbocycles. The molecule has 1 aliphatic heterocycles. The van der Waals surface area contributed by atoms with E-state index in [0.29, 0.717) is 0 Å².